The van der Waals surface area contributed by atoms with Gasteiger partial charge in [0.1, 0.15) is 13.1 Å². The Kier molecular flexibility index (Phi) is 1.68. The van der Waals surface area contributed by atoms with Crippen molar-refractivity contribution in [3.05, 3.63) is 0 Å². The Balaban J connectivity index is 1.90. The molecule has 0 aromatic carbocycles. The maximum atomic E-state index is 11.2. The van der Waals surface area contributed by atoms with Gasteiger partial charge in [-0.15, -0.1) is 0 Å². The van der Waals surface area contributed by atoms with E-state index in [1.54, 1.807) is 4.90 Å². The molecule has 0 saturated carbocycles. The number of rotatable bonds is 2. The number of hydrogen-bond donors (Lipinski definition) is 1. The molecule has 2 saturated heterocycles. The lowest BCUT2D eigenvalue weighted by Crippen LogP contribution is -2.35. The number of carbonyl (C=O) groups excluding carboxylic acids is 3. The van der Waals surface area contributed by atoms with Crippen molar-refractivity contribution in [1.82, 2.24) is 15.1 Å². The molecule has 0 radical (unpaired) electrons. The Labute approximate surface area is 74.5 Å². The van der Waals surface area contributed by atoms with Crippen molar-refractivity contribution in [3.63, 3.8) is 0 Å². The second kappa shape index (κ2) is 2.72. The second-order valence-electron chi connectivity index (χ2n) is 3.09. The van der Waals surface area contributed by atoms with E-state index in [9.17, 15) is 14.4 Å². The lowest BCUT2D eigenvalue weighted by Gasteiger charge is -2.11. The number of hydrogen-bond acceptors (Lipinski definition) is 3. The fraction of sp³-hybridized carbons (Fsp3) is 0.571. The van der Waals surface area contributed by atoms with Crippen molar-refractivity contribution in [2.45, 2.75) is 0 Å². The van der Waals surface area contributed by atoms with Crippen LogP contribution < -0.4 is 5.32 Å². The molecule has 6 nitrogen and oxygen atoms in total. The molecule has 2 heterocycles. The average Bonchev–Trinajstić information content (AvgIpc) is 2.81. The quantitative estimate of drug-likeness (QED) is 0.413. The Morgan fingerprint density at radius 3 is 2.54 bits per heavy atom. The van der Waals surface area contributed by atoms with Crippen molar-refractivity contribution in [2.24, 2.45) is 0 Å². The molecule has 0 aromatic heterocycles. The highest BCUT2D eigenvalue weighted by Gasteiger charge is 2.32. The minimum atomic E-state index is -0.472. The van der Waals surface area contributed by atoms with E-state index in [0.717, 1.165) is 13.1 Å². The molecule has 2 rings (SSSR count). The first-order chi connectivity index (χ1) is 6.16. The topological polar surface area (TPSA) is 69.5 Å². The predicted molar refractivity (Wildman–Crippen MR) is 41.7 cm³/mol. The molecule has 2 fully saturated rings. The van der Waals surface area contributed by atoms with Gasteiger partial charge < -0.3 is 9.80 Å². The van der Waals surface area contributed by atoms with Crippen LogP contribution in [0.25, 0.3) is 0 Å². The number of carbonyl (C=O) groups is 3. The van der Waals surface area contributed by atoms with Crippen LogP contribution in [0.3, 0.4) is 0 Å². The Morgan fingerprint density at radius 1 is 1.38 bits per heavy atom. The van der Waals surface area contributed by atoms with Crippen molar-refractivity contribution in [1.29, 1.82) is 0 Å². The van der Waals surface area contributed by atoms with Gasteiger partial charge in [-0.1, -0.05) is 0 Å². The smallest absolute Gasteiger partial charge is 0.325 e. The molecule has 0 aromatic rings. The summed E-state index contributed by atoms with van der Waals surface area (Å²) in [4.78, 5) is 35.8. The molecule has 0 unspecified atom stereocenters. The second-order valence-corrected chi connectivity index (χ2v) is 3.09. The van der Waals surface area contributed by atoms with E-state index in [1.807, 2.05) is 0 Å². The van der Waals surface area contributed by atoms with Gasteiger partial charge >= 0.3 is 6.03 Å². The van der Waals surface area contributed by atoms with Gasteiger partial charge in [0, 0.05) is 13.1 Å². The molecule has 1 N–H and O–H groups in total. The zero-order chi connectivity index (χ0) is 9.42. The van der Waals surface area contributed by atoms with Gasteiger partial charge in [-0.3, -0.25) is 14.9 Å². The van der Waals surface area contributed by atoms with Gasteiger partial charge in [-0.05, 0) is 0 Å². The maximum absolute atomic E-state index is 11.2. The summed E-state index contributed by atoms with van der Waals surface area (Å²) in [6.07, 6.45) is 0. The minimum absolute atomic E-state index is 0.00157. The number of urea groups is 1. The monoisotopic (exact) mass is 183 g/mol. The lowest BCUT2D eigenvalue weighted by atomic mass is 10.5. The van der Waals surface area contributed by atoms with E-state index in [0.29, 0.717) is 0 Å². The first kappa shape index (κ1) is 8.03. The lowest BCUT2D eigenvalue weighted by molar-refractivity contribution is -0.126. The number of nitrogens with one attached hydrogen (secondary N) is 1. The highest BCUT2D eigenvalue weighted by Crippen LogP contribution is 2.06. The Morgan fingerprint density at radius 2 is 2.08 bits per heavy atom. The van der Waals surface area contributed by atoms with E-state index in [2.05, 4.69) is 5.32 Å². The van der Waals surface area contributed by atoms with Crippen LogP contribution in [0.1, 0.15) is 0 Å². The van der Waals surface area contributed by atoms with Gasteiger partial charge in [0.2, 0.25) is 11.8 Å². The molecule has 2 aliphatic heterocycles. The molecule has 0 bridgehead atoms. The molecule has 13 heavy (non-hydrogen) atoms. The van der Waals surface area contributed by atoms with Crippen LogP contribution in [0.15, 0.2) is 0 Å². The van der Waals surface area contributed by atoms with Crippen molar-refractivity contribution < 1.29 is 14.4 Å². The normalized spacial score (nSPS) is 20.6. The highest BCUT2D eigenvalue weighted by atomic mass is 16.2. The van der Waals surface area contributed by atoms with E-state index in [1.165, 1.54) is 4.90 Å². The number of amides is 4. The zero-order valence-corrected chi connectivity index (χ0v) is 6.95. The summed E-state index contributed by atoms with van der Waals surface area (Å²) in [7, 11) is 0. The van der Waals surface area contributed by atoms with Gasteiger partial charge in [-0.2, -0.15) is 0 Å². The highest BCUT2D eigenvalue weighted by molar-refractivity contribution is 6.03. The van der Waals surface area contributed by atoms with Crippen LogP contribution >= 0.6 is 0 Å². The van der Waals surface area contributed by atoms with Gasteiger partial charge in [0.05, 0.1) is 0 Å². The van der Waals surface area contributed by atoms with Crippen LogP contribution in [0, 0.1) is 0 Å². The SMILES string of the molecule is O=C1CN(CC(=O)N2CC2)C(=O)N1. The fourth-order valence-corrected chi connectivity index (χ4v) is 1.17. The van der Waals surface area contributed by atoms with E-state index >= 15 is 0 Å². The van der Waals surface area contributed by atoms with E-state index in [-0.39, 0.29) is 24.9 Å². The van der Waals surface area contributed by atoms with Crippen LogP contribution in [-0.4, -0.2) is 53.8 Å². The minimum Gasteiger partial charge on any atom is -0.338 e. The van der Waals surface area contributed by atoms with Crippen LogP contribution in [0.2, 0.25) is 0 Å². The molecule has 2 aliphatic rings. The Hall–Kier alpha value is -1.59. The van der Waals surface area contributed by atoms with Gasteiger partial charge in [0.25, 0.3) is 0 Å². The standard InChI is InChI=1S/C7H9N3O3/c11-5-3-10(7(13)8-5)4-6(12)9-1-2-9/h1-4H2,(H,8,11,13). The van der Waals surface area contributed by atoms with Crippen molar-refractivity contribution in [3.8, 4) is 0 Å². The number of nitrogens with zero attached hydrogens (tertiary/aromatic N) is 2. The maximum Gasteiger partial charge on any atom is 0.325 e. The van der Waals surface area contributed by atoms with Crippen molar-refractivity contribution >= 4 is 17.8 Å². The van der Waals surface area contributed by atoms with Crippen LogP contribution in [-0.2, 0) is 9.59 Å². The molecule has 6 heteroatoms. The number of imide groups is 1. The fourth-order valence-electron chi connectivity index (χ4n) is 1.17. The molecule has 0 spiro atoms. The molecule has 70 valence electrons. The summed E-state index contributed by atoms with van der Waals surface area (Å²) in [6, 6.07) is -0.472. The summed E-state index contributed by atoms with van der Waals surface area (Å²) in [6.45, 7) is 1.54. The summed E-state index contributed by atoms with van der Waals surface area (Å²) in [5.74, 6) is -0.437. The van der Waals surface area contributed by atoms with E-state index < -0.39 is 6.03 Å². The third-order valence-electron chi connectivity index (χ3n) is 1.99. The first-order valence-corrected chi connectivity index (χ1v) is 4.03. The zero-order valence-electron chi connectivity index (χ0n) is 6.95. The largest absolute Gasteiger partial charge is 0.338 e. The van der Waals surface area contributed by atoms with Gasteiger partial charge in [-0.25, -0.2) is 4.79 Å². The summed E-state index contributed by atoms with van der Waals surface area (Å²) >= 11 is 0. The van der Waals surface area contributed by atoms with Crippen molar-refractivity contribution in [2.75, 3.05) is 26.2 Å². The Bertz CT molecular complexity index is 285. The first-order valence-electron chi connectivity index (χ1n) is 4.03. The predicted octanol–water partition coefficient (Wildman–Crippen LogP) is -1.62. The molecule has 0 aliphatic carbocycles. The average molecular weight is 183 g/mol. The van der Waals surface area contributed by atoms with Crippen LogP contribution in [0.4, 0.5) is 4.79 Å². The summed E-state index contributed by atoms with van der Waals surface area (Å²) in [5, 5.41) is 2.11. The van der Waals surface area contributed by atoms with Gasteiger partial charge in [0.15, 0.2) is 0 Å². The molecule has 4 amide bonds. The molecular weight excluding hydrogens is 174 g/mol. The third-order valence-corrected chi connectivity index (χ3v) is 1.99. The molecule has 0 atom stereocenters. The van der Waals surface area contributed by atoms with Crippen LogP contribution in [0.5, 0.6) is 0 Å². The summed E-state index contributed by atoms with van der Waals surface area (Å²) in [5.41, 5.74) is 0. The molecular formula is C7H9N3O3. The third kappa shape index (κ3) is 1.61. The summed E-state index contributed by atoms with van der Waals surface area (Å²) < 4.78 is 0. The van der Waals surface area contributed by atoms with E-state index in [4.69, 9.17) is 0 Å².